The number of nitrogens with zero attached hydrogens (tertiary/aromatic N) is 3. The minimum Gasteiger partial charge on any atom is -0.376 e. The largest absolute Gasteiger partial charge is 0.376 e. The molecule has 3 heterocycles. The van der Waals surface area contributed by atoms with Crippen LogP contribution in [0.1, 0.15) is 38.3 Å². The monoisotopic (exact) mass is 506 g/mol. The SMILES string of the molecule is [2H]C(Nc1cc(Cl)c2ncc(C#N)c(NC3(C)COC3)c2c1)(C1=CN(C2CC2)NN1)c1ccc(F)cc1. The number of nitriles is 1. The predicted molar refractivity (Wildman–Crippen MR) is 136 cm³/mol. The van der Waals surface area contributed by atoms with Crippen molar-refractivity contribution in [2.45, 2.75) is 37.4 Å². The van der Waals surface area contributed by atoms with Crippen molar-refractivity contribution >= 4 is 33.9 Å². The van der Waals surface area contributed by atoms with Crippen molar-refractivity contribution in [1.29, 1.82) is 5.26 Å². The molecule has 10 heteroatoms. The maximum absolute atomic E-state index is 13.8. The average Bonchev–Trinajstić information content (AvgIpc) is 3.59. The van der Waals surface area contributed by atoms with Gasteiger partial charge in [-0.3, -0.25) is 9.99 Å². The summed E-state index contributed by atoms with van der Waals surface area (Å²) in [5, 5.41) is 19.5. The first-order valence-corrected chi connectivity index (χ1v) is 12.1. The van der Waals surface area contributed by atoms with Crippen molar-refractivity contribution < 1.29 is 10.5 Å². The van der Waals surface area contributed by atoms with Gasteiger partial charge in [0.2, 0.25) is 0 Å². The molecule has 36 heavy (non-hydrogen) atoms. The van der Waals surface area contributed by atoms with Gasteiger partial charge in [0.15, 0.2) is 0 Å². The zero-order valence-electron chi connectivity index (χ0n) is 20.5. The number of pyridine rings is 1. The molecule has 8 nitrogen and oxygen atoms in total. The van der Waals surface area contributed by atoms with Gasteiger partial charge in [-0.15, -0.1) is 5.53 Å². The van der Waals surface area contributed by atoms with Crippen molar-refractivity contribution in [2.24, 2.45) is 0 Å². The Morgan fingerprint density at radius 2 is 2.11 bits per heavy atom. The lowest BCUT2D eigenvalue weighted by Gasteiger charge is -2.40. The van der Waals surface area contributed by atoms with Crippen molar-refractivity contribution in [3.05, 3.63) is 76.5 Å². The van der Waals surface area contributed by atoms with E-state index in [1.54, 1.807) is 18.2 Å². The zero-order chi connectivity index (χ0) is 25.8. The van der Waals surface area contributed by atoms with Gasteiger partial charge in [0.25, 0.3) is 0 Å². The number of aromatic nitrogens is 1. The van der Waals surface area contributed by atoms with Crippen LogP contribution in [-0.2, 0) is 4.74 Å². The quantitative estimate of drug-likeness (QED) is 0.370. The molecular formula is C26H25ClFN7O. The molecule has 3 aliphatic rings. The smallest absolute Gasteiger partial charge is 0.123 e. The lowest BCUT2D eigenvalue weighted by molar-refractivity contribution is -0.0317. The highest BCUT2D eigenvalue weighted by Crippen LogP contribution is 2.38. The number of hydrogen-bond acceptors (Lipinski definition) is 8. The molecule has 0 bridgehead atoms. The Morgan fingerprint density at radius 1 is 1.33 bits per heavy atom. The number of halogens is 2. The summed E-state index contributed by atoms with van der Waals surface area (Å²) in [7, 11) is 0. The number of fused-ring (bicyclic) bond motifs is 1. The van der Waals surface area contributed by atoms with Crippen LogP contribution in [0.15, 0.2) is 54.5 Å². The molecule has 2 fully saturated rings. The summed E-state index contributed by atoms with van der Waals surface area (Å²) in [4.78, 5) is 4.42. The molecule has 2 aromatic carbocycles. The Morgan fingerprint density at radius 3 is 2.78 bits per heavy atom. The maximum Gasteiger partial charge on any atom is 0.123 e. The molecule has 1 saturated heterocycles. The molecular weight excluding hydrogens is 481 g/mol. The van der Waals surface area contributed by atoms with Gasteiger partial charge in [0.05, 0.1) is 53.6 Å². The van der Waals surface area contributed by atoms with Gasteiger partial charge >= 0.3 is 0 Å². The number of nitrogens with one attached hydrogen (secondary N) is 4. The summed E-state index contributed by atoms with van der Waals surface area (Å²) < 4.78 is 28.7. The van der Waals surface area contributed by atoms with Crippen LogP contribution in [-0.4, -0.2) is 34.8 Å². The average molecular weight is 507 g/mol. The Labute approximate surface area is 214 Å². The summed E-state index contributed by atoms with van der Waals surface area (Å²) >= 11 is 6.68. The van der Waals surface area contributed by atoms with Crippen LogP contribution in [0, 0.1) is 17.1 Å². The fourth-order valence-electron chi connectivity index (χ4n) is 4.39. The highest BCUT2D eigenvalue weighted by molar-refractivity contribution is 6.35. The highest BCUT2D eigenvalue weighted by atomic mass is 35.5. The first-order valence-electron chi connectivity index (χ1n) is 12.2. The topological polar surface area (TPSA) is 97.3 Å². The molecule has 1 aliphatic carbocycles. The lowest BCUT2D eigenvalue weighted by atomic mass is 9.98. The second-order valence-corrected chi connectivity index (χ2v) is 10.0. The van der Waals surface area contributed by atoms with Crippen LogP contribution in [0.2, 0.25) is 5.02 Å². The van der Waals surface area contributed by atoms with Gasteiger partial charge in [0.1, 0.15) is 11.9 Å². The van der Waals surface area contributed by atoms with Gasteiger partial charge in [-0.25, -0.2) is 4.39 Å². The van der Waals surface area contributed by atoms with Crippen LogP contribution in [0.5, 0.6) is 0 Å². The lowest BCUT2D eigenvalue weighted by Crippen LogP contribution is -2.53. The maximum atomic E-state index is 13.8. The number of rotatable bonds is 7. The minimum atomic E-state index is -1.51. The number of hydrogen-bond donors (Lipinski definition) is 4. The van der Waals surface area contributed by atoms with E-state index in [9.17, 15) is 11.0 Å². The Balaban J connectivity index is 1.45. The van der Waals surface area contributed by atoms with E-state index in [0.29, 0.717) is 63.4 Å². The molecule has 1 aromatic heterocycles. The Bertz CT molecular complexity index is 1450. The third-order valence-corrected chi connectivity index (χ3v) is 6.80. The molecule has 184 valence electrons. The normalized spacial score (nSPS) is 20.4. The minimum absolute atomic E-state index is 0.320. The van der Waals surface area contributed by atoms with E-state index in [0.717, 1.165) is 12.8 Å². The number of benzene rings is 2. The van der Waals surface area contributed by atoms with Crippen molar-refractivity contribution in [3.8, 4) is 6.07 Å². The third kappa shape index (κ3) is 4.28. The van der Waals surface area contributed by atoms with Crippen LogP contribution in [0.3, 0.4) is 0 Å². The third-order valence-electron chi connectivity index (χ3n) is 6.51. The first kappa shape index (κ1) is 21.7. The van der Waals surface area contributed by atoms with Crippen LogP contribution in [0.4, 0.5) is 15.8 Å². The van der Waals surface area contributed by atoms with Gasteiger partial charge in [-0.1, -0.05) is 23.7 Å². The number of anilines is 2. The predicted octanol–water partition coefficient (Wildman–Crippen LogP) is 4.58. The molecule has 4 N–H and O–H groups in total. The number of hydrazine groups is 2. The molecule has 2 aliphatic heterocycles. The highest BCUT2D eigenvalue weighted by Gasteiger charge is 2.35. The summed E-state index contributed by atoms with van der Waals surface area (Å²) in [6, 6.07) is 10.4. The fraction of sp³-hybridized carbons (Fsp3) is 0.308. The molecule has 0 spiro atoms. The second-order valence-electron chi connectivity index (χ2n) is 9.62. The molecule has 0 radical (unpaired) electrons. The zero-order valence-corrected chi connectivity index (χ0v) is 20.3. The second kappa shape index (κ2) is 8.82. The molecule has 0 amide bonds. The standard InChI is InChI=1S/C26H25ClFN7O/c1-26(13-36-14-26)32-23-16(10-29)11-30-25-20(23)8-18(9-21(25)27)31-24(15-2-4-17(28)5-3-15)22-12-35(34-33-22)19-6-7-19/h2-5,8-9,11-12,19,24,31,33-34H,6-7,13-14H2,1H3,(H,30,32)/i24D. The summed E-state index contributed by atoms with van der Waals surface area (Å²) in [6.45, 7) is 3.05. The van der Waals surface area contributed by atoms with E-state index < -0.39 is 6.02 Å². The van der Waals surface area contributed by atoms with E-state index in [2.05, 4.69) is 32.6 Å². The van der Waals surface area contributed by atoms with Crippen molar-refractivity contribution in [3.63, 3.8) is 0 Å². The van der Waals surface area contributed by atoms with E-state index in [-0.39, 0.29) is 11.4 Å². The van der Waals surface area contributed by atoms with Crippen LogP contribution >= 0.6 is 11.6 Å². The van der Waals surface area contributed by atoms with E-state index in [1.165, 1.54) is 18.3 Å². The van der Waals surface area contributed by atoms with Crippen molar-refractivity contribution in [1.82, 2.24) is 21.0 Å². The van der Waals surface area contributed by atoms with Crippen molar-refractivity contribution in [2.75, 3.05) is 23.8 Å². The molecule has 1 unspecified atom stereocenters. The Kier molecular flexibility index (Phi) is 5.31. The number of ether oxygens (including phenoxy) is 1. The molecule has 1 atom stereocenters. The molecule has 6 rings (SSSR count). The van der Waals surface area contributed by atoms with Gasteiger partial charge in [-0.2, -0.15) is 5.26 Å². The summed E-state index contributed by atoms with van der Waals surface area (Å²) in [5.41, 5.74) is 9.05. The van der Waals surface area contributed by atoms with Gasteiger partial charge in [-0.05, 0) is 49.6 Å². The summed E-state index contributed by atoms with van der Waals surface area (Å²) in [5.74, 6) is -0.384. The Hall–Kier alpha value is -3.58. The van der Waals surface area contributed by atoms with E-state index >= 15 is 0 Å². The van der Waals surface area contributed by atoms with Gasteiger partial charge in [0, 0.05) is 29.5 Å². The summed E-state index contributed by atoms with van der Waals surface area (Å²) in [6.07, 6.45) is 5.51. The van der Waals surface area contributed by atoms with E-state index in [4.69, 9.17) is 16.3 Å². The van der Waals surface area contributed by atoms with Gasteiger partial charge < -0.3 is 20.8 Å². The fourth-order valence-corrected chi connectivity index (χ4v) is 4.66. The van der Waals surface area contributed by atoms with E-state index in [1.807, 2.05) is 24.2 Å². The first-order chi connectivity index (χ1) is 17.8. The molecule has 3 aromatic rings. The van der Waals surface area contributed by atoms with Crippen LogP contribution < -0.4 is 21.6 Å². The molecule has 1 saturated carbocycles. The van der Waals surface area contributed by atoms with Crippen LogP contribution in [0.25, 0.3) is 10.9 Å².